The van der Waals surface area contributed by atoms with Gasteiger partial charge in [-0.1, -0.05) is 17.8 Å². The summed E-state index contributed by atoms with van der Waals surface area (Å²) >= 11 is 1.25. The van der Waals surface area contributed by atoms with Gasteiger partial charge < -0.3 is 14.8 Å². The lowest BCUT2D eigenvalue weighted by molar-refractivity contribution is -0.120. The van der Waals surface area contributed by atoms with E-state index >= 15 is 0 Å². The van der Waals surface area contributed by atoms with Crippen LogP contribution < -0.4 is 14.8 Å². The van der Waals surface area contributed by atoms with Crippen LogP contribution >= 0.6 is 11.8 Å². The van der Waals surface area contributed by atoms with Crippen LogP contribution in [-0.2, 0) is 4.79 Å². The maximum atomic E-state index is 12.0. The Morgan fingerprint density at radius 3 is 2.92 bits per heavy atom. The molecule has 0 bridgehead atoms. The zero-order valence-electron chi connectivity index (χ0n) is 13.7. The Balaban J connectivity index is 2.27. The highest BCUT2D eigenvalue weighted by Crippen LogP contribution is 2.30. The van der Waals surface area contributed by atoms with Crippen molar-refractivity contribution < 1.29 is 14.3 Å². The largest absolute Gasteiger partial charge is 0.497 e. The lowest BCUT2D eigenvalue weighted by atomic mass is 10.3. The summed E-state index contributed by atoms with van der Waals surface area (Å²) in [5.41, 5.74) is 0.628. The number of nitrogens with one attached hydrogen (secondary N) is 1. The molecule has 2 rings (SSSR count). The first-order chi connectivity index (χ1) is 11.6. The minimum atomic E-state index is -0.369. The molecule has 0 saturated carbocycles. The first kappa shape index (κ1) is 17.8. The van der Waals surface area contributed by atoms with Crippen LogP contribution in [0.15, 0.2) is 36.0 Å². The monoisotopic (exact) mass is 349 g/mol. The molecule has 1 N–H and O–H groups in total. The van der Waals surface area contributed by atoms with Crippen LogP contribution in [0.5, 0.6) is 11.5 Å². The third kappa shape index (κ3) is 4.05. The Hall–Kier alpha value is -2.55. The summed E-state index contributed by atoms with van der Waals surface area (Å²) < 4.78 is 12.1. The number of hydrogen-bond acceptors (Lipinski definition) is 7. The zero-order valence-corrected chi connectivity index (χ0v) is 14.5. The fourth-order valence-corrected chi connectivity index (χ4v) is 2.72. The summed E-state index contributed by atoms with van der Waals surface area (Å²) in [5.74, 6) is 1.12. The smallest absolute Gasteiger partial charge is 0.233 e. The van der Waals surface area contributed by atoms with Crippen molar-refractivity contribution >= 4 is 17.7 Å². The molecule has 9 heteroatoms. The standard InChI is InChI=1S/C15H19N5O3S/c1-5-8-16-14(21)10(2)24-15-17-18-19-20(15)12-9-11(22-3)6-7-13(12)23-4/h5-7,9-10H,1,8H2,2-4H3,(H,16,21)/t10-/m0/s1. The molecule has 0 unspecified atom stereocenters. The van der Waals surface area contributed by atoms with Gasteiger partial charge in [0, 0.05) is 12.6 Å². The van der Waals surface area contributed by atoms with Gasteiger partial charge in [-0.15, -0.1) is 11.7 Å². The molecule has 0 aliphatic heterocycles. The highest BCUT2D eigenvalue weighted by atomic mass is 32.2. The predicted octanol–water partition coefficient (Wildman–Crippen LogP) is 1.46. The fraction of sp³-hybridized carbons (Fsp3) is 0.333. The number of methoxy groups -OCH3 is 2. The summed E-state index contributed by atoms with van der Waals surface area (Å²) in [4.78, 5) is 12.0. The van der Waals surface area contributed by atoms with Crippen molar-refractivity contribution in [2.45, 2.75) is 17.3 Å². The summed E-state index contributed by atoms with van der Waals surface area (Å²) in [5, 5.41) is 14.5. The highest BCUT2D eigenvalue weighted by Gasteiger charge is 2.20. The van der Waals surface area contributed by atoms with Crippen LogP contribution in [0.3, 0.4) is 0 Å². The van der Waals surface area contributed by atoms with Crippen molar-refractivity contribution in [3.63, 3.8) is 0 Å². The molecule has 2 aromatic rings. The van der Waals surface area contributed by atoms with Gasteiger partial charge in [-0.25, -0.2) is 0 Å². The zero-order chi connectivity index (χ0) is 17.5. The van der Waals surface area contributed by atoms with E-state index in [1.807, 2.05) is 0 Å². The normalized spacial score (nSPS) is 11.6. The minimum Gasteiger partial charge on any atom is -0.497 e. The molecule has 8 nitrogen and oxygen atoms in total. The van der Waals surface area contributed by atoms with E-state index in [4.69, 9.17) is 9.47 Å². The first-order valence-corrected chi connectivity index (χ1v) is 8.04. The molecule has 24 heavy (non-hydrogen) atoms. The van der Waals surface area contributed by atoms with Gasteiger partial charge in [0.2, 0.25) is 11.1 Å². The molecule has 0 saturated heterocycles. The van der Waals surface area contributed by atoms with Crippen LogP contribution in [0.2, 0.25) is 0 Å². The molecule has 1 heterocycles. The van der Waals surface area contributed by atoms with Crippen LogP contribution in [0.25, 0.3) is 5.69 Å². The van der Waals surface area contributed by atoms with Gasteiger partial charge in [0.25, 0.3) is 0 Å². The average molecular weight is 349 g/mol. The number of nitrogens with zero attached hydrogens (tertiary/aromatic N) is 4. The molecule has 1 aromatic carbocycles. The van der Waals surface area contributed by atoms with Gasteiger partial charge in [-0.3, -0.25) is 4.79 Å². The van der Waals surface area contributed by atoms with E-state index in [1.54, 1.807) is 45.4 Å². The maximum Gasteiger partial charge on any atom is 0.233 e. The van der Waals surface area contributed by atoms with E-state index < -0.39 is 0 Å². The van der Waals surface area contributed by atoms with Gasteiger partial charge in [-0.2, -0.15) is 4.68 Å². The number of thioether (sulfide) groups is 1. The Morgan fingerprint density at radius 2 is 2.25 bits per heavy atom. The minimum absolute atomic E-state index is 0.118. The Bertz CT molecular complexity index is 719. The van der Waals surface area contributed by atoms with Crippen LogP contribution in [0.1, 0.15) is 6.92 Å². The van der Waals surface area contributed by atoms with E-state index in [1.165, 1.54) is 16.4 Å². The number of rotatable bonds is 8. The van der Waals surface area contributed by atoms with Gasteiger partial charge in [0.05, 0.1) is 19.5 Å². The highest BCUT2D eigenvalue weighted by molar-refractivity contribution is 8.00. The van der Waals surface area contributed by atoms with E-state index in [0.717, 1.165) is 0 Å². The molecule has 0 aliphatic rings. The number of ether oxygens (including phenoxy) is 2. The third-order valence-corrected chi connectivity index (χ3v) is 4.16. The van der Waals surface area contributed by atoms with Crippen LogP contribution in [0, 0.1) is 0 Å². The number of tetrazole rings is 1. The third-order valence-electron chi connectivity index (χ3n) is 3.13. The maximum absolute atomic E-state index is 12.0. The van der Waals surface area contributed by atoms with Crippen molar-refractivity contribution in [1.29, 1.82) is 0 Å². The van der Waals surface area contributed by atoms with Crippen molar-refractivity contribution in [3.8, 4) is 17.2 Å². The average Bonchev–Trinajstić information content (AvgIpc) is 3.06. The Morgan fingerprint density at radius 1 is 1.46 bits per heavy atom. The summed E-state index contributed by atoms with van der Waals surface area (Å²) in [6.07, 6.45) is 1.63. The second-order valence-corrected chi connectivity index (χ2v) is 6.01. The van der Waals surface area contributed by atoms with Gasteiger partial charge in [0.15, 0.2) is 0 Å². The second kappa shape index (κ2) is 8.34. The first-order valence-electron chi connectivity index (χ1n) is 7.16. The van der Waals surface area contributed by atoms with Crippen LogP contribution in [0.4, 0.5) is 0 Å². The molecule has 0 aliphatic carbocycles. The predicted molar refractivity (Wildman–Crippen MR) is 90.8 cm³/mol. The lowest BCUT2D eigenvalue weighted by Gasteiger charge is -2.13. The quantitative estimate of drug-likeness (QED) is 0.570. The summed E-state index contributed by atoms with van der Waals surface area (Å²) in [6, 6.07) is 5.32. The Kier molecular flexibility index (Phi) is 6.19. The van der Waals surface area contributed by atoms with Crippen molar-refractivity contribution in [3.05, 3.63) is 30.9 Å². The fourth-order valence-electron chi connectivity index (χ4n) is 1.89. The van der Waals surface area contributed by atoms with E-state index in [9.17, 15) is 4.79 Å². The van der Waals surface area contributed by atoms with Gasteiger partial charge in [-0.05, 0) is 29.5 Å². The Labute approximate surface area is 144 Å². The van der Waals surface area contributed by atoms with Crippen molar-refractivity contribution in [1.82, 2.24) is 25.5 Å². The number of benzene rings is 1. The van der Waals surface area contributed by atoms with Crippen molar-refractivity contribution in [2.75, 3.05) is 20.8 Å². The lowest BCUT2D eigenvalue weighted by Crippen LogP contribution is -2.31. The molecule has 1 aromatic heterocycles. The van der Waals surface area contributed by atoms with Crippen LogP contribution in [-0.4, -0.2) is 52.1 Å². The van der Waals surface area contributed by atoms with E-state index in [-0.39, 0.29) is 11.2 Å². The number of amides is 1. The molecular weight excluding hydrogens is 330 g/mol. The molecule has 0 spiro atoms. The number of aromatic nitrogens is 4. The molecule has 128 valence electrons. The van der Waals surface area contributed by atoms with E-state index in [2.05, 4.69) is 27.4 Å². The number of carbonyl (C=O) groups excluding carboxylic acids is 1. The second-order valence-electron chi connectivity index (χ2n) is 4.70. The van der Waals surface area contributed by atoms with E-state index in [0.29, 0.717) is 28.9 Å². The summed E-state index contributed by atoms with van der Waals surface area (Å²) in [7, 11) is 3.14. The molecule has 0 radical (unpaired) electrons. The molecular formula is C15H19N5O3S. The summed E-state index contributed by atoms with van der Waals surface area (Å²) in [6.45, 7) is 5.77. The van der Waals surface area contributed by atoms with Gasteiger partial charge >= 0.3 is 0 Å². The molecule has 1 atom stereocenters. The number of carbonyl (C=O) groups is 1. The van der Waals surface area contributed by atoms with Gasteiger partial charge in [0.1, 0.15) is 17.2 Å². The molecule has 1 amide bonds. The number of hydrogen-bond donors (Lipinski definition) is 1. The SMILES string of the molecule is C=CCNC(=O)[C@H](C)Sc1nnnn1-c1cc(OC)ccc1OC. The topological polar surface area (TPSA) is 91.2 Å². The molecule has 0 fully saturated rings. The van der Waals surface area contributed by atoms with Crippen molar-refractivity contribution in [2.24, 2.45) is 0 Å².